The van der Waals surface area contributed by atoms with Crippen LogP contribution in [-0.2, 0) is 11.3 Å². The maximum atomic E-state index is 12.1. The molecule has 4 nitrogen and oxygen atoms in total. The van der Waals surface area contributed by atoms with E-state index in [0.717, 1.165) is 45.4 Å². The van der Waals surface area contributed by atoms with Crippen molar-refractivity contribution < 1.29 is 4.79 Å². The van der Waals surface area contributed by atoms with Crippen LogP contribution in [0.4, 0.5) is 0 Å². The van der Waals surface area contributed by atoms with Crippen molar-refractivity contribution in [2.75, 3.05) is 26.2 Å². The average Bonchev–Trinajstić information content (AvgIpc) is 2.93. The molecule has 20 heavy (non-hydrogen) atoms. The topological polar surface area (TPSA) is 44.4 Å². The van der Waals surface area contributed by atoms with E-state index in [1.54, 1.807) is 0 Å². The average molecular weight is 273 g/mol. The van der Waals surface area contributed by atoms with Gasteiger partial charge < -0.3 is 15.5 Å². The van der Waals surface area contributed by atoms with Gasteiger partial charge in [0.05, 0.1) is 6.54 Å². The summed E-state index contributed by atoms with van der Waals surface area (Å²) in [4.78, 5) is 14.1. The van der Waals surface area contributed by atoms with Crippen LogP contribution in [0, 0.1) is 0 Å². The molecule has 4 heteroatoms. The lowest BCUT2D eigenvalue weighted by Gasteiger charge is -2.21. The maximum Gasteiger partial charge on any atom is 0.236 e. The van der Waals surface area contributed by atoms with Crippen molar-refractivity contribution in [3.05, 3.63) is 35.4 Å². The van der Waals surface area contributed by atoms with E-state index in [1.807, 2.05) is 4.90 Å². The standard InChI is InChI=1S/C16H23N3O/c20-16(19-9-3-4-10-19)12-18-15-7-8-17-11-13-5-1-2-6-14(13)15/h1-2,5-6,15,17-18H,3-4,7-12H2. The number of hydrogen-bond donors (Lipinski definition) is 2. The Morgan fingerprint density at radius 2 is 2.10 bits per heavy atom. The molecule has 0 saturated carbocycles. The summed E-state index contributed by atoms with van der Waals surface area (Å²) in [5, 5.41) is 6.90. The van der Waals surface area contributed by atoms with Crippen LogP contribution in [0.2, 0.25) is 0 Å². The van der Waals surface area contributed by atoms with Gasteiger partial charge in [-0.3, -0.25) is 4.79 Å². The van der Waals surface area contributed by atoms with Crippen LogP contribution in [0.1, 0.15) is 36.4 Å². The summed E-state index contributed by atoms with van der Waals surface area (Å²) in [6, 6.07) is 8.80. The summed E-state index contributed by atoms with van der Waals surface area (Å²) < 4.78 is 0. The molecule has 1 atom stereocenters. The van der Waals surface area contributed by atoms with Gasteiger partial charge in [0.15, 0.2) is 0 Å². The Morgan fingerprint density at radius 1 is 1.30 bits per heavy atom. The molecule has 2 aliphatic heterocycles. The fourth-order valence-corrected chi connectivity index (χ4v) is 3.16. The SMILES string of the molecule is O=C(CNC1CCNCc2ccccc21)N1CCCC1. The highest BCUT2D eigenvalue weighted by Gasteiger charge is 2.21. The number of fused-ring (bicyclic) bond motifs is 1. The van der Waals surface area contributed by atoms with Crippen LogP contribution < -0.4 is 10.6 Å². The zero-order chi connectivity index (χ0) is 13.8. The van der Waals surface area contributed by atoms with Gasteiger partial charge in [-0.15, -0.1) is 0 Å². The molecule has 3 rings (SSSR count). The molecule has 1 saturated heterocycles. The lowest BCUT2D eigenvalue weighted by molar-refractivity contribution is -0.129. The summed E-state index contributed by atoms with van der Waals surface area (Å²) in [5.74, 6) is 0.247. The minimum atomic E-state index is 0.247. The Hall–Kier alpha value is -1.39. The van der Waals surface area contributed by atoms with Crippen molar-refractivity contribution in [2.24, 2.45) is 0 Å². The summed E-state index contributed by atoms with van der Waals surface area (Å²) in [6.07, 6.45) is 3.34. The van der Waals surface area contributed by atoms with Crippen molar-refractivity contribution in [3.8, 4) is 0 Å². The minimum Gasteiger partial charge on any atom is -0.342 e. The lowest BCUT2D eigenvalue weighted by atomic mass is 9.99. The van der Waals surface area contributed by atoms with Crippen molar-refractivity contribution in [1.82, 2.24) is 15.5 Å². The first-order valence-electron chi connectivity index (χ1n) is 7.64. The summed E-state index contributed by atoms with van der Waals surface area (Å²) in [5.41, 5.74) is 2.68. The Bertz CT molecular complexity index is 469. The number of likely N-dealkylation sites (tertiary alicyclic amines) is 1. The smallest absolute Gasteiger partial charge is 0.236 e. The van der Waals surface area contributed by atoms with Gasteiger partial charge in [0.2, 0.25) is 5.91 Å². The fraction of sp³-hybridized carbons (Fsp3) is 0.562. The van der Waals surface area contributed by atoms with Crippen LogP contribution >= 0.6 is 0 Å². The van der Waals surface area contributed by atoms with E-state index in [9.17, 15) is 4.79 Å². The second-order valence-electron chi connectivity index (χ2n) is 5.69. The Kier molecular flexibility index (Phi) is 4.33. The fourth-order valence-electron chi connectivity index (χ4n) is 3.16. The number of nitrogens with zero attached hydrogens (tertiary/aromatic N) is 1. The van der Waals surface area contributed by atoms with Crippen molar-refractivity contribution >= 4 is 5.91 Å². The molecule has 1 aromatic rings. The second-order valence-corrected chi connectivity index (χ2v) is 5.69. The maximum absolute atomic E-state index is 12.1. The first-order chi connectivity index (χ1) is 9.84. The van der Waals surface area contributed by atoms with E-state index in [1.165, 1.54) is 11.1 Å². The number of hydrogen-bond acceptors (Lipinski definition) is 3. The molecule has 0 spiro atoms. The van der Waals surface area contributed by atoms with Gasteiger partial charge in [-0.1, -0.05) is 24.3 Å². The van der Waals surface area contributed by atoms with Gasteiger partial charge in [0.25, 0.3) is 0 Å². The van der Waals surface area contributed by atoms with E-state index in [2.05, 4.69) is 34.9 Å². The van der Waals surface area contributed by atoms with E-state index >= 15 is 0 Å². The van der Waals surface area contributed by atoms with Crippen LogP contribution in [-0.4, -0.2) is 37.0 Å². The molecule has 1 fully saturated rings. The van der Waals surface area contributed by atoms with Gasteiger partial charge in [0.1, 0.15) is 0 Å². The first kappa shape index (κ1) is 13.6. The molecule has 0 radical (unpaired) electrons. The molecule has 1 unspecified atom stereocenters. The third kappa shape index (κ3) is 3.02. The Balaban J connectivity index is 1.63. The van der Waals surface area contributed by atoms with Gasteiger partial charge in [0, 0.05) is 25.7 Å². The predicted octanol–water partition coefficient (Wildman–Crippen LogP) is 1.43. The number of amides is 1. The molecule has 1 amide bonds. The zero-order valence-electron chi connectivity index (χ0n) is 11.9. The molecule has 2 N–H and O–H groups in total. The summed E-state index contributed by atoms with van der Waals surface area (Å²) in [6.45, 7) is 4.24. The molecule has 1 aromatic carbocycles. The molecule has 0 bridgehead atoms. The third-order valence-corrected chi connectivity index (χ3v) is 4.31. The number of carbonyl (C=O) groups is 1. The van der Waals surface area contributed by atoms with E-state index in [0.29, 0.717) is 6.54 Å². The van der Waals surface area contributed by atoms with Crippen molar-refractivity contribution in [2.45, 2.75) is 31.8 Å². The number of rotatable bonds is 3. The molecular formula is C16H23N3O. The summed E-state index contributed by atoms with van der Waals surface area (Å²) >= 11 is 0. The molecule has 0 aliphatic carbocycles. The first-order valence-corrected chi connectivity index (χ1v) is 7.64. The van der Waals surface area contributed by atoms with Crippen LogP contribution in [0.5, 0.6) is 0 Å². The van der Waals surface area contributed by atoms with E-state index in [4.69, 9.17) is 0 Å². The highest BCUT2D eigenvalue weighted by molar-refractivity contribution is 5.78. The van der Waals surface area contributed by atoms with Crippen LogP contribution in [0.3, 0.4) is 0 Å². The molecule has 108 valence electrons. The van der Waals surface area contributed by atoms with E-state index in [-0.39, 0.29) is 11.9 Å². The largest absolute Gasteiger partial charge is 0.342 e. The number of carbonyl (C=O) groups excluding carboxylic acids is 1. The zero-order valence-corrected chi connectivity index (χ0v) is 11.9. The molecule has 2 aliphatic rings. The predicted molar refractivity (Wildman–Crippen MR) is 79.3 cm³/mol. The van der Waals surface area contributed by atoms with Crippen molar-refractivity contribution in [3.63, 3.8) is 0 Å². The Labute approximate surface area is 120 Å². The molecule has 2 heterocycles. The lowest BCUT2D eigenvalue weighted by Crippen LogP contribution is -2.38. The quantitative estimate of drug-likeness (QED) is 0.876. The van der Waals surface area contributed by atoms with Gasteiger partial charge in [-0.25, -0.2) is 0 Å². The van der Waals surface area contributed by atoms with Gasteiger partial charge in [-0.05, 0) is 36.9 Å². The second kappa shape index (κ2) is 6.37. The van der Waals surface area contributed by atoms with E-state index < -0.39 is 0 Å². The van der Waals surface area contributed by atoms with Gasteiger partial charge in [-0.2, -0.15) is 0 Å². The molecular weight excluding hydrogens is 250 g/mol. The molecule has 0 aromatic heterocycles. The van der Waals surface area contributed by atoms with Crippen molar-refractivity contribution in [1.29, 1.82) is 0 Å². The Morgan fingerprint density at radius 3 is 2.95 bits per heavy atom. The van der Waals surface area contributed by atoms with Crippen LogP contribution in [0.15, 0.2) is 24.3 Å². The minimum absolute atomic E-state index is 0.247. The third-order valence-electron chi connectivity index (χ3n) is 4.31. The highest BCUT2D eigenvalue weighted by Crippen LogP contribution is 2.23. The highest BCUT2D eigenvalue weighted by atomic mass is 16.2. The van der Waals surface area contributed by atoms with Crippen LogP contribution in [0.25, 0.3) is 0 Å². The number of benzene rings is 1. The number of nitrogens with one attached hydrogen (secondary N) is 2. The monoisotopic (exact) mass is 273 g/mol. The normalized spacial score (nSPS) is 22.4. The summed E-state index contributed by atoms with van der Waals surface area (Å²) in [7, 11) is 0. The van der Waals surface area contributed by atoms with Gasteiger partial charge >= 0.3 is 0 Å².